The van der Waals surface area contributed by atoms with E-state index in [1.165, 1.54) is 29.4 Å². The number of hydrogen-bond acceptors (Lipinski definition) is 1. The van der Waals surface area contributed by atoms with Gasteiger partial charge in [-0.15, -0.1) is 0 Å². The molecule has 100 valence electrons. The number of rotatable bonds is 7. The van der Waals surface area contributed by atoms with E-state index in [9.17, 15) is 9.18 Å². The number of aryl methyl sites for hydroxylation is 1. The Morgan fingerprint density at radius 3 is 2.67 bits per heavy atom. The number of amides is 1. The summed E-state index contributed by atoms with van der Waals surface area (Å²) in [6, 6.07) is 4.44. The minimum atomic E-state index is -0.273. The molecule has 1 rings (SSSR count). The molecule has 0 fully saturated rings. The first kappa shape index (κ1) is 15.4. The van der Waals surface area contributed by atoms with Crippen LogP contribution in [-0.4, -0.2) is 16.9 Å². The quantitative estimate of drug-likeness (QED) is 0.445. The molecule has 4 heteroatoms. The summed E-state index contributed by atoms with van der Waals surface area (Å²) >= 11 is 2.37. The smallest absolute Gasteiger partial charge is 0.251 e. The number of hydrogen-bond donors (Lipinski definition) is 1. The largest absolute Gasteiger partial charge is 0.352 e. The van der Waals surface area contributed by atoms with Crippen molar-refractivity contribution in [2.24, 2.45) is 0 Å². The van der Waals surface area contributed by atoms with Crippen LogP contribution < -0.4 is 5.32 Å². The number of nitrogens with one attached hydrogen (secondary N) is 1. The standard InChI is InChI=1S/C14H19FINO/c1-11-10-12(6-7-13(11)15)14(18)17-9-5-3-2-4-8-16/h6-7,10H,2-5,8-9H2,1H3,(H,17,18). The molecule has 0 heterocycles. The van der Waals surface area contributed by atoms with Crippen LogP contribution in [0.25, 0.3) is 0 Å². The Labute approximate surface area is 121 Å². The summed E-state index contributed by atoms with van der Waals surface area (Å²) in [5.74, 6) is -0.391. The fourth-order valence-electron chi connectivity index (χ4n) is 1.66. The molecule has 0 bridgehead atoms. The number of benzene rings is 1. The van der Waals surface area contributed by atoms with Crippen LogP contribution in [0.3, 0.4) is 0 Å². The Balaban J connectivity index is 2.30. The van der Waals surface area contributed by atoms with E-state index in [0.29, 0.717) is 17.7 Å². The van der Waals surface area contributed by atoms with Crippen molar-refractivity contribution in [3.63, 3.8) is 0 Å². The van der Waals surface area contributed by atoms with Gasteiger partial charge >= 0.3 is 0 Å². The molecule has 0 aromatic heterocycles. The number of halogens is 2. The predicted octanol–water partition coefficient (Wildman–Crippen LogP) is 3.86. The zero-order valence-electron chi connectivity index (χ0n) is 10.6. The molecule has 1 aromatic rings. The number of carbonyl (C=O) groups excluding carboxylic acids is 1. The third-order valence-corrected chi connectivity index (χ3v) is 3.53. The highest BCUT2D eigenvalue weighted by Gasteiger charge is 2.06. The molecule has 0 saturated heterocycles. The zero-order chi connectivity index (χ0) is 13.4. The van der Waals surface area contributed by atoms with Crippen molar-refractivity contribution in [2.45, 2.75) is 32.6 Å². The van der Waals surface area contributed by atoms with Gasteiger partial charge in [-0.1, -0.05) is 35.4 Å². The Morgan fingerprint density at radius 1 is 1.28 bits per heavy atom. The molecule has 0 radical (unpaired) electrons. The van der Waals surface area contributed by atoms with Crippen molar-refractivity contribution < 1.29 is 9.18 Å². The lowest BCUT2D eigenvalue weighted by atomic mass is 10.1. The highest BCUT2D eigenvalue weighted by atomic mass is 127. The minimum absolute atomic E-state index is 0.119. The number of alkyl halides is 1. The summed E-state index contributed by atoms with van der Waals surface area (Å²) in [5, 5.41) is 2.86. The molecule has 2 nitrogen and oxygen atoms in total. The molecule has 0 unspecified atom stereocenters. The van der Waals surface area contributed by atoms with E-state index >= 15 is 0 Å². The van der Waals surface area contributed by atoms with Gasteiger partial charge in [-0.2, -0.15) is 0 Å². The maximum absolute atomic E-state index is 13.1. The van der Waals surface area contributed by atoms with Gasteiger partial charge in [-0.3, -0.25) is 4.79 Å². The first-order valence-corrected chi connectivity index (χ1v) is 7.78. The maximum Gasteiger partial charge on any atom is 0.251 e. The van der Waals surface area contributed by atoms with Gasteiger partial charge in [-0.05, 0) is 48.0 Å². The van der Waals surface area contributed by atoms with Gasteiger partial charge in [0.2, 0.25) is 0 Å². The maximum atomic E-state index is 13.1. The molecule has 0 spiro atoms. The van der Waals surface area contributed by atoms with E-state index in [-0.39, 0.29) is 11.7 Å². The minimum Gasteiger partial charge on any atom is -0.352 e. The molecule has 0 aliphatic heterocycles. The highest BCUT2D eigenvalue weighted by molar-refractivity contribution is 14.1. The number of unbranched alkanes of at least 4 members (excludes halogenated alkanes) is 3. The molecule has 18 heavy (non-hydrogen) atoms. The van der Waals surface area contributed by atoms with Gasteiger partial charge in [-0.25, -0.2) is 4.39 Å². The van der Waals surface area contributed by atoms with Crippen LogP contribution in [0, 0.1) is 12.7 Å². The average molecular weight is 363 g/mol. The molecule has 0 aliphatic carbocycles. The van der Waals surface area contributed by atoms with Crippen molar-refractivity contribution in [1.29, 1.82) is 0 Å². The summed E-state index contributed by atoms with van der Waals surface area (Å²) in [4.78, 5) is 11.8. The monoisotopic (exact) mass is 363 g/mol. The van der Waals surface area contributed by atoms with E-state index in [4.69, 9.17) is 0 Å². The van der Waals surface area contributed by atoms with E-state index in [1.54, 1.807) is 13.0 Å². The van der Waals surface area contributed by atoms with E-state index in [1.807, 2.05) is 0 Å². The molecule has 1 N–H and O–H groups in total. The van der Waals surface area contributed by atoms with Crippen LogP contribution in [0.15, 0.2) is 18.2 Å². The lowest BCUT2D eigenvalue weighted by Crippen LogP contribution is -2.24. The van der Waals surface area contributed by atoms with Crippen LogP contribution in [0.4, 0.5) is 4.39 Å². The second-order valence-corrected chi connectivity index (χ2v) is 5.40. The van der Waals surface area contributed by atoms with Crippen LogP contribution in [-0.2, 0) is 0 Å². The predicted molar refractivity (Wildman–Crippen MR) is 80.8 cm³/mol. The molecule has 0 atom stereocenters. The van der Waals surface area contributed by atoms with Gasteiger partial charge in [0.15, 0.2) is 0 Å². The second-order valence-electron chi connectivity index (χ2n) is 4.32. The van der Waals surface area contributed by atoms with Gasteiger partial charge in [0.25, 0.3) is 5.91 Å². The Kier molecular flexibility index (Phi) is 7.23. The molecule has 0 aliphatic rings. The third kappa shape index (κ3) is 5.33. The van der Waals surface area contributed by atoms with Gasteiger partial charge in [0.05, 0.1) is 0 Å². The van der Waals surface area contributed by atoms with Gasteiger partial charge in [0.1, 0.15) is 5.82 Å². The summed E-state index contributed by atoms with van der Waals surface area (Å²) in [6.07, 6.45) is 4.61. The summed E-state index contributed by atoms with van der Waals surface area (Å²) in [6.45, 7) is 2.35. The Morgan fingerprint density at radius 2 is 2.00 bits per heavy atom. The van der Waals surface area contributed by atoms with E-state index in [0.717, 1.165) is 12.8 Å². The summed E-state index contributed by atoms with van der Waals surface area (Å²) < 4.78 is 14.2. The van der Waals surface area contributed by atoms with E-state index < -0.39 is 0 Å². The summed E-state index contributed by atoms with van der Waals surface area (Å²) in [7, 11) is 0. The van der Waals surface area contributed by atoms with Crippen LogP contribution in [0.5, 0.6) is 0 Å². The average Bonchev–Trinajstić information content (AvgIpc) is 2.36. The Hall–Kier alpha value is -0.650. The molecule has 0 saturated carbocycles. The van der Waals surface area contributed by atoms with Crippen molar-refractivity contribution in [3.8, 4) is 0 Å². The Bertz CT molecular complexity index is 395. The number of carbonyl (C=O) groups is 1. The van der Waals surface area contributed by atoms with Crippen LogP contribution >= 0.6 is 22.6 Å². The SMILES string of the molecule is Cc1cc(C(=O)NCCCCCCI)ccc1F. The molecule has 1 aromatic carbocycles. The first-order chi connectivity index (χ1) is 8.65. The zero-order valence-corrected chi connectivity index (χ0v) is 12.8. The molecule has 1 amide bonds. The lowest BCUT2D eigenvalue weighted by molar-refractivity contribution is 0.0953. The van der Waals surface area contributed by atoms with E-state index in [2.05, 4.69) is 27.9 Å². The summed E-state index contributed by atoms with van der Waals surface area (Å²) in [5.41, 5.74) is 1.03. The van der Waals surface area contributed by atoms with Gasteiger partial charge in [0, 0.05) is 12.1 Å². The van der Waals surface area contributed by atoms with Crippen molar-refractivity contribution in [3.05, 3.63) is 35.1 Å². The highest BCUT2D eigenvalue weighted by Crippen LogP contribution is 2.09. The van der Waals surface area contributed by atoms with Gasteiger partial charge < -0.3 is 5.32 Å². The first-order valence-electron chi connectivity index (χ1n) is 6.25. The van der Waals surface area contributed by atoms with Crippen molar-refractivity contribution in [1.82, 2.24) is 5.32 Å². The third-order valence-electron chi connectivity index (χ3n) is 2.77. The van der Waals surface area contributed by atoms with Crippen molar-refractivity contribution in [2.75, 3.05) is 11.0 Å². The topological polar surface area (TPSA) is 29.1 Å². The second kappa shape index (κ2) is 8.45. The lowest BCUT2D eigenvalue weighted by Gasteiger charge is -2.06. The fourth-order valence-corrected chi connectivity index (χ4v) is 2.20. The van der Waals surface area contributed by atoms with Crippen molar-refractivity contribution >= 4 is 28.5 Å². The molecular formula is C14H19FINO. The normalized spacial score (nSPS) is 10.4. The molecular weight excluding hydrogens is 344 g/mol. The van der Waals surface area contributed by atoms with Crippen LogP contribution in [0.2, 0.25) is 0 Å². The fraction of sp³-hybridized carbons (Fsp3) is 0.500. The van der Waals surface area contributed by atoms with Crippen LogP contribution in [0.1, 0.15) is 41.6 Å².